The van der Waals surface area contributed by atoms with Crippen LogP contribution in [0.4, 0.5) is 0 Å². The van der Waals surface area contributed by atoms with E-state index in [-0.39, 0.29) is 13.4 Å². The van der Waals surface area contributed by atoms with Crippen LogP contribution in [-0.4, -0.2) is 83.7 Å². The van der Waals surface area contributed by atoms with Crippen LogP contribution in [0.25, 0.3) is 0 Å². The van der Waals surface area contributed by atoms with E-state index < -0.39 is 11.9 Å². The second-order valence-electron chi connectivity index (χ2n) is 9.90. The molecule has 0 bridgehead atoms. The molecule has 0 radical (unpaired) electrons. The molecular formula is C29H40BrNO7. The lowest BCUT2D eigenvalue weighted by Crippen LogP contribution is -2.49. The molecule has 2 heterocycles. The van der Waals surface area contributed by atoms with Crippen LogP contribution >= 0.6 is 15.9 Å². The molecule has 0 aromatic heterocycles. The van der Waals surface area contributed by atoms with Crippen molar-refractivity contribution in [2.24, 2.45) is 5.92 Å². The van der Waals surface area contributed by atoms with Gasteiger partial charge in [0.15, 0.2) is 0 Å². The SMILES string of the molecule is COCOCCOc1cc(CC2CCN(CCc3ccc4c(c3)C(OC)(OC)C(O)CO4)CC2)ccc1Br. The molecule has 2 aliphatic rings. The summed E-state index contributed by atoms with van der Waals surface area (Å²) >= 11 is 3.59. The van der Waals surface area contributed by atoms with Gasteiger partial charge in [-0.25, -0.2) is 0 Å². The Morgan fingerprint density at radius 2 is 1.79 bits per heavy atom. The largest absolute Gasteiger partial charge is 0.490 e. The summed E-state index contributed by atoms with van der Waals surface area (Å²) in [5, 5.41) is 10.5. The first-order valence-electron chi connectivity index (χ1n) is 13.2. The molecule has 1 atom stereocenters. The van der Waals surface area contributed by atoms with Crippen molar-refractivity contribution in [3.05, 3.63) is 57.6 Å². The summed E-state index contributed by atoms with van der Waals surface area (Å²) in [7, 11) is 4.72. The number of ether oxygens (including phenoxy) is 6. The molecule has 38 heavy (non-hydrogen) atoms. The highest BCUT2D eigenvalue weighted by atomic mass is 79.9. The summed E-state index contributed by atoms with van der Waals surface area (Å²) in [6, 6.07) is 12.5. The van der Waals surface area contributed by atoms with Gasteiger partial charge in [0, 0.05) is 27.9 Å². The molecule has 1 saturated heterocycles. The number of halogens is 1. The Morgan fingerprint density at radius 3 is 2.53 bits per heavy atom. The molecule has 2 aromatic carbocycles. The molecule has 0 spiro atoms. The molecule has 210 valence electrons. The maximum Gasteiger partial charge on any atom is 0.228 e. The molecular weight excluding hydrogens is 554 g/mol. The highest BCUT2D eigenvalue weighted by Crippen LogP contribution is 2.41. The lowest BCUT2D eigenvalue weighted by Gasteiger charge is -2.40. The molecule has 4 rings (SSSR count). The molecule has 2 aromatic rings. The number of benzene rings is 2. The van der Waals surface area contributed by atoms with E-state index in [1.807, 2.05) is 12.1 Å². The van der Waals surface area contributed by atoms with Crippen molar-refractivity contribution in [2.75, 3.05) is 67.6 Å². The number of methoxy groups -OCH3 is 3. The minimum absolute atomic E-state index is 0.140. The Bertz CT molecular complexity index is 1020. The van der Waals surface area contributed by atoms with E-state index in [9.17, 15) is 5.11 Å². The van der Waals surface area contributed by atoms with E-state index in [1.165, 1.54) is 24.0 Å². The number of piperidine rings is 1. The van der Waals surface area contributed by atoms with Crippen LogP contribution in [0, 0.1) is 5.92 Å². The van der Waals surface area contributed by atoms with Crippen LogP contribution < -0.4 is 9.47 Å². The molecule has 1 N–H and O–H groups in total. The standard InChI is InChI=1S/C29H40BrNO7/c1-33-20-36-14-15-37-27-18-23(4-6-25(27)30)16-22-9-12-31(13-10-22)11-8-21-5-7-26-24(17-21)29(34-2,35-3)28(32)19-38-26/h4-7,17-18,22,28,32H,8-16,19-20H2,1-3H3. The smallest absolute Gasteiger partial charge is 0.228 e. The number of rotatable bonds is 13. The number of hydrogen-bond acceptors (Lipinski definition) is 8. The Balaban J connectivity index is 1.26. The monoisotopic (exact) mass is 593 g/mol. The van der Waals surface area contributed by atoms with Crippen LogP contribution in [0.3, 0.4) is 0 Å². The van der Waals surface area contributed by atoms with Crippen molar-refractivity contribution in [1.82, 2.24) is 4.90 Å². The fourth-order valence-corrected chi connectivity index (χ4v) is 5.70. The van der Waals surface area contributed by atoms with Crippen LogP contribution in [0.1, 0.15) is 29.5 Å². The third-order valence-corrected chi connectivity index (χ3v) is 8.15. The summed E-state index contributed by atoms with van der Waals surface area (Å²) in [6.07, 6.45) is 3.44. The van der Waals surface area contributed by atoms with Gasteiger partial charge < -0.3 is 38.4 Å². The second-order valence-corrected chi connectivity index (χ2v) is 10.8. The van der Waals surface area contributed by atoms with Gasteiger partial charge in [-0.15, -0.1) is 0 Å². The van der Waals surface area contributed by atoms with Crippen LogP contribution in [0.5, 0.6) is 11.5 Å². The van der Waals surface area contributed by atoms with Crippen LogP contribution in [0.15, 0.2) is 40.9 Å². The zero-order valence-corrected chi connectivity index (χ0v) is 24.2. The zero-order valence-electron chi connectivity index (χ0n) is 22.6. The quantitative estimate of drug-likeness (QED) is 0.274. The first kappa shape index (κ1) is 29.3. The van der Waals surface area contributed by atoms with E-state index >= 15 is 0 Å². The predicted octanol–water partition coefficient (Wildman–Crippen LogP) is 4.14. The fraction of sp³-hybridized carbons (Fsp3) is 0.586. The zero-order chi connectivity index (χ0) is 27.0. The Morgan fingerprint density at radius 1 is 1.03 bits per heavy atom. The van der Waals surface area contributed by atoms with E-state index in [4.69, 9.17) is 28.4 Å². The first-order valence-corrected chi connectivity index (χ1v) is 14.0. The van der Waals surface area contributed by atoms with Crippen molar-refractivity contribution in [3.8, 4) is 11.5 Å². The lowest BCUT2D eigenvalue weighted by atomic mass is 9.90. The Labute approximate surface area is 234 Å². The maximum absolute atomic E-state index is 10.5. The number of nitrogens with zero attached hydrogens (tertiary/aromatic N) is 1. The van der Waals surface area contributed by atoms with Crippen molar-refractivity contribution in [2.45, 2.75) is 37.6 Å². The second kappa shape index (κ2) is 14.1. The van der Waals surface area contributed by atoms with Gasteiger partial charge in [0.2, 0.25) is 5.79 Å². The summed E-state index contributed by atoms with van der Waals surface area (Å²) in [6.45, 7) is 4.56. The molecule has 0 amide bonds. The third kappa shape index (κ3) is 7.07. The van der Waals surface area contributed by atoms with E-state index in [2.05, 4.69) is 45.1 Å². The Kier molecular flexibility index (Phi) is 10.8. The van der Waals surface area contributed by atoms with Crippen molar-refractivity contribution < 1.29 is 33.5 Å². The van der Waals surface area contributed by atoms with E-state index in [0.29, 0.717) is 24.9 Å². The third-order valence-electron chi connectivity index (χ3n) is 7.49. The minimum atomic E-state index is -1.20. The summed E-state index contributed by atoms with van der Waals surface area (Å²) in [5.74, 6) is 1.02. The number of fused-ring (bicyclic) bond motifs is 1. The molecule has 1 fully saturated rings. The van der Waals surface area contributed by atoms with Gasteiger partial charge in [0.25, 0.3) is 0 Å². The number of aliphatic hydroxyl groups excluding tert-OH is 1. The topological polar surface area (TPSA) is 78.9 Å². The van der Waals surface area contributed by atoms with Gasteiger partial charge in [-0.1, -0.05) is 12.1 Å². The van der Waals surface area contributed by atoms with Gasteiger partial charge >= 0.3 is 0 Å². The molecule has 1 unspecified atom stereocenters. The Hall–Kier alpha value is -1.72. The van der Waals surface area contributed by atoms with Gasteiger partial charge in [-0.2, -0.15) is 0 Å². The summed E-state index contributed by atoms with van der Waals surface area (Å²) in [4.78, 5) is 2.54. The van der Waals surface area contributed by atoms with Crippen molar-refractivity contribution in [1.29, 1.82) is 0 Å². The van der Waals surface area contributed by atoms with E-state index in [0.717, 1.165) is 48.3 Å². The van der Waals surface area contributed by atoms with E-state index in [1.54, 1.807) is 21.3 Å². The summed E-state index contributed by atoms with van der Waals surface area (Å²) in [5.41, 5.74) is 3.23. The van der Waals surface area contributed by atoms with Gasteiger partial charge in [-0.3, -0.25) is 0 Å². The number of aliphatic hydroxyl groups is 1. The molecule has 2 aliphatic heterocycles. The summed E-state index contributed by atoms with van der Waals surface area (Å²) < 4.78 is 34.1. The van der Waals surface area contributed by atoms with Gasteiger partial charge in [-0.05, 0) is 96.0 Å². The molecule has 9 heteroatoms. The highest BCUT2D eigenvalue weighted by Gasteiger charge is 2.46. The normalized spacial score (nSPS) is 19.7. The molecule has 0 saturated carbocycles. The highest BCUT2D eigenvalue weighted by molar-refractivity contribution is 9.10. The van der Waals surface area contributed by atoms with Crippen LogP contribution in [0.2, 0.25) is 0 Å². The molecule has 8 nitrogen and oxygen atoms in total. The van der Waals surface area contributed by atoms with Crippen molar-refractivity contribution in [3.63, 3.8) is 0 Å². The van der Waals surface area contributed by atoms with Crippen molar-refractivity contribution >= 4 is 15.9 Å². The predicted molar refractivity (Wildman–Crippen MR) is 148 cm³/mol. The average Bonchev–Trinajstić information content (AvgIpc) is 2.94. The maximum atomic E-state index is 10.5. The lowest BCUT2D eigenvalue weighted by molar-refractivity contribution is -0.281. The first-order chi connectivity index (χ1) is 18.5. The van der Waals surface area contributed by atoms with Crippen LogP contribution in [-0.2, 0) is 37.6 Å². The van der Waals surface area contributed by atoms with Gasteiger partial charge in [0.05, 0.1) is 16.6 Å². The van der Waals surface area contributed by atoms with Gasteiger partial charge in [0.1, 0.15) is 37.6 Å². The fourth-order valence-electron chi connectivity index (χ4n) is 5.34. The number of likely N-dealkylation sites (tertiary alicyclic amines) is 1. The number of hydrogen-bond donors (Lipinski definition) is 1. The molecule has 0 aliphatic carbocycles. The average molecular weight is 595 g/mol. The minimum Gasteiger partial charge on any atom is -0.490 e.